The van der Waals surface area contributed by atoms with Gasteiger partial charge in [-0.05, 0) is 79.4 Å². The lowest BCUT2D eigenvalue weighted by Crippen LogP contribution is -2.47. The molecule has 4 aliphatic rings. The molecule has 1 aromatic rings. The summed E-state index contributed by atoms with van der Waals surface area (Å²) < 4.78 is 5.26. The summed E-state index contributed by atoms with van der Waals surface area (Å²) in [5, 5.41) is 0.182. The predicted octanol–water partition coefficient (Wildman–Crippen LogP) is 5.19. The molecule has 1 unspecified atom stereocenters. The van der Waals surface area contributed by atoms with Gasteiger partial charge in [0.05, 0.1) is 12.5 Å². The molecular formula is C18H23ClO. The Labute approximate surface area is 126 Å². The summed E-state index contributed by atoms with van der Waals surface area (Å²) >= 11 is 6.98. The Balaban J connectivity index is 1.62. The van der Waals surface area contributed by atoms with Crippen LogP contribution in [0.15, 0.2) is 24.3 Å². The number of alkyl halides is 1. The van der Waals surface area contributed by atoms with Crippen LogP contribution in [0.2, 0.25) is 0 Å². The Bertz CT molecular complexity index is 457. The third kappa shape index (κ3) is 1.97. The quantitative estimate of drug-likeness (QED) is 0.696. The van der Waals surface area contributed by atoms with Crippen LogP contribution in [0.4, 0.5) is 0 Å². The highest BCUT2D eigenvalue weighted by molar-refractivity contribution is 6.21. The van der Waals surface area contributed by atoms with Crippen LogP contribution >= 0.6 is 11.6 Å². The topological polar surface area (TPSA) is 9.23 Å². The summed E-state index contributed by atoms with van der Waals surface area (Å²) in [6.07, 6.45) is 8.51. The van der Waals surface area contributed by atoms with Gasteiger partial charge >= 0.3 is 0 Å². The van der Waals surface area contributed by atoms with E-state index in [4.69, 9.17) is 16.3 Å². The van der Waals surface area contributed by atoms with Gasteiger partial charge in [-0.1, -0.05) is 12.1 Å². The largest absolute Gasteiger partial charge is 0.497 e. The highest BCUT2D eigenvalue weighted by atomic mass is 35.5. The van der Waals surface area contributed by atoms with E-state index in [2.05, 4.69) is 12.1 Å². The minimum absolute atomic E-state index is 0.182. The summed E-state index contributed by atoms with van der Waals surface area (Å²) in [5.41, 5.74) is 1.67. The molecule has 0 amide bonds. The molecule has 0 aromatic heterocycles. The lowest BCUT2D eigenvalue weighted by molar-refractivity contribution is -0.0552. The van der Waals surface area contributed by atoms with Crippen molar-refractivity contribution < 1.29 is 4.74 Å². The molecule has 5 rings (SSSR count). The number of halogens is 1. The van der Waals surface area contributed by atoms with E-state index in [0.29, 0.717) is 5.41 Å². The number of methoxy groups -OCH3 is 1. The van der Waals surface area contributed by atoms with Crippen LogP contribution in [-0.4, -0.2) is 7.11 Å². The van der Waals surface area contributed by atoms with Crippen LogP contribution in [0.25, 0.3) is 0 Å². The van der Waals surface area contributed by atoms with Crippen molar-refractivity contribution in [2.24, 2.45) is 23.2 Å². The van der Waals surface area contributed by atoms with Crippen LogP contribution in [0.5, 0.6) is 5.75 Å². The maximum Gasteiger partial charge on any atom is 0.118 e. The average Bonchev–Trinajstić information content (AvgIpc) is 2.45. The molecule has 4 saturated carbocycles. The fourth-order valence-electron chi connectivity index (χ4n) is 5.61. The van der Waals surface area contributed by atoms with Gasteiger partial charge < -0.3 is 4.74 Å². The van der Waals surface area contributed by atoms with Gasteiger partial charge in [-0.3, -0.25) is 0 Å². The summed E-state index contributed by atoms with van der Waals surface area (Å²) in [7, 11) is 1.71. The van der Waals surface area contributed by atoms with Crippen molar-refractivity contribution in [2.45, 2.75) is 43.9 Å². The maximum atomic E-state index is 6.98. The number of benzene rings is 1. The second kappa shape index (κ2) is 4.66. The zero-order valence-electron chi connectivity index (χ0n) is 12.1. The van der Waals surface area contributed by atoms with Crippen LogP contribution in [0.1, 0.15) is 49.5 Å². The molecule has 4 aliphatic carbocycles. The maximum absolute atomic E-state index is 6.98. The Kier molecular flexibility index (Phi) is 3.03. The lowest BCUT2D eigenvalue weighted by Gasteiger charge is -2.58. The monoisotopic (exact) mass is 290 g/mol. The Morgan fingerprint density at radius 2 is 1.50 bits per heavy atom. The first-order chi connectivity index (χ1) is 9.68. The van der Waals surface area contributed by atoms with E-state index in [-0.39, 0.29) is 5.38 Å². The van der Waals surface area contributed by atoms with Crippen molar-refractivity contribution in [1.29, 1.82) is 0 Å². The first-order valence-electron chi connectivity index (χ1n) is 7.96. The number of hydrogen-bond donors (Lipinski definition) is 0. The summed E-state index contributed by atoms with van der Waals surface area (Å²) in [6, 6.07) is 8.42. The highest BCUT2D eigenvalue weighted by Gasteiger charge is 2.54. The standard InChI is InChI=1S/C18H23ClO/c1-20-16-4-2-15(3-5-16)17(19)18-9-12-6-13(10-18)8-14(7-12)11-18/h2-5,12-14,17H,6-11H2,1H3. The molecule has 2 heteroatoms. The zero-order valence-corrected chi connectivity index (χ0v) is 12.9. The molecule has 20 heavy (non-hydrogen) atoms. The molecule has 4 bridgehead atoms. The van der Waals surface area contributed by atoms with Gasteiger partial charge in [0.25, 0.3) is 0 Å². The van der Waals surface area contributed by atoms with Crippen molar-refractivity contribution in [2.75, 3.05) is 7.11 Å². The Hall–Kier alpha value is -0.690. The van der Waals surface area contributed by atoms with Crippen molar-refractivity contribution in [3.05, 3.63) is 29.8 Å². The minimum Gasteiger partial charge on any atom is -0.497 e. The molecule has 0 radical (unpaired) electrons. The summed E-state index contributed by atoms with van der Waals surface area (Å²) in [4.78, 5) is 0. The molecular weight excluding hydrogens is 268 g/mol. The van der Waals surface area contributed by atoms with E-state index >= 15 is 0 Å². The van der Waals surface area contributed by atoms with E-state index in [1.54, 1.807) is 7.11 Å². The summed E-state index contributed by atoms with van der Waals surface area (Å²) in [5.74, 6) is 3.80. The molecule has 108 valence electrons. The SMILES string of the molecule is COc1ccc(C(Cl)C23CC4CC(CC(C4)C2)C3)cc1. The first-order valence-corrected chi connectivity index (χ1v) is 8.40. The third-order valence-corrected chi connectivity index (χ3v) is 6.75. The van der Waals surface area contributed by atoms with Crippen LogP contribution < -0.4 is 4.74 Å². The van der Waals surface area contributed by atoms with Gasteiger partial charge in [-0.2, -0.15) is 0 Å². The van der Waals surface area contributed by atoms with Gasteiger partial charge in [0, 0.05) is 0 Å². The Morgan fingerprint density at radius 1 is 1.00 bits per heavy atom. The molecule has 0 spiro atoms. The van der Waals surface area contributed by atoms with Gasteiger partial charge in [0.15, 0.2) is 0 Å². The second-order valence-corrected chi connectivity index (χ2v) is 7.85. The highest BCUT2D eigenvalue weighted by Crippen LogP contribution is 2.65. The molecule has 0 N–H and O–H groups in total. The van der Waals surface area contributed by atoms with Gasteiger partial charge in [0.1, 0.15) is 5.75 Å². The lowest BCUT2D eigenvalue weighted by atomic mass is 9.48. The Morgan fingerprint density at radius 3 is 1.95 bits per heavy atom. The minimum atomic E-state index is 0.182. The fourth-order valence-corrected chi connectivity index (χ4v) is 6.03. The molecule has 1 nitrogen and oxygen atoms in total. The van der Waals surface area contributed by atoms with Gasteiger partial charge in [-0.25, -0.2) is 0 Å². The van der Waals surface area contributed by atoms with Crippen LogP contribution in [0, 0.1) is 23.2 Å². The second-order valence-electron chi connectivity index (χ2n) is 7.42. The normalized spacial score (nSPS) is 39.8. The van der Waals surface area contributed by atoms with Crippen LogP contribution in [0.3, 0.4) is 0 Å². The molecule has 0 heterocycles. The summed E-state index contributed by atoms with van der Waals surface area (Å²) in [6.45, 7) is 0. The van der Waals surface area contributed by atoms with E-state index < -0.39 is 0 Å². The van der Waals surface area contributed by atoms with E-state index in [1.165, 1.54) is 44.1 Å². The number of hydrogen-bond acceptors (Lipinski definition) is 1. The van der Waals surface area contributed by atoms with Gasteiger partial charge in [-0.15, -0.1) is 11.6 Å². The molecule has 4 fully saturated rings. The number of rotatable bonds is 3. The first kappa shape index (κ1) is 13.0. The van der Waals surface area contributed by atoms with E-state index in [1.807, 2.05) is 12.1 Å². The van der Waals surface area contributed by atoms with E-state index in [9.17, 15) is 0 Å². The van der Waals surface area contributed by atoms with Crippen LogP contribution in [-0.2, 0) is 0 Å². The predicted molar refractivity (Wildman–Crippen MR) is 82.2 cm³/mol. The molecule has 0 saturated heterocycles. The average molecular weight is 291 g/mol. The van der Waals surface area contributed by atoms with Crippen molar-refractivity contribution in [3.63, 3.8) is 0 Å². The van der Waals surface area contributed by atoms with Crippen molar-refractivity contribution >= 4 is 11.6 Å². The van der Waals surface area contributed by atoms with Gasteiger partial charge in [0.2, 0.25) is 0 Å². The zero-order chi connectivity index (χ0) is 13.7. The fraction of sp³-hybridized carbons (Fsp3) is 0.667. The number of ether oxygens (including phenoxy) is 1. The van der Waals surface area contributed by atoms with Crippen molar-refractivity contribution in [3.8, 4) is 5.75 Å². The third-order valence-electron chi connectivity index (χ3n) is 6.03. The molecule has 0 aliphatic heterocycles. The van der Waals surface area contributed by atoms with E-state index in [0.717, 1.165) is 23.5 Å². The van der Waals surface area contributed by atoms with Crippen molar-refractivity contribution in [1.82, 2.24) is 0 Å². The molecule has 1 aromatic carbocycles. The smallest absolute Gasteiger partial charge is 0.118 e. The molecule has 1 atom stereocenters.